The molecule has 0 aromatic heterocycles. The smallest absolute Gasteiger partial charge is 0.337 e. The van der Waals surface area contributed by atoms with Crippen LogP contribution in [-0.4, -0.2) is 39.8 Å². The lowest BCUT2D eigenvalue weighted by molar-refractivity contribution is 0.0633. The van der Waals surface area contributed by atoms with Crippen LogP contribution in [0.4, 0.5) is 5.69 Å². The van der Waals surface area contributed by atoms with Gasteiger partial charge in [-0.1, -0.05) is 45.4 Å². The molecule has 0 unspecified atom stereocenters. The lowest BCUT2D eigenvalue weighted by Gasteiger charge is -2.12. The molecule has 1 aromatic carbocycles. The maximum atomic E-state index is 11.3. The zero-order valence-corrected chi connectivity index (χ0v) is 14.4. The van der Waals surface area contributed by atoms with E-state index in [4.69, 9.17) is 5.11 Å². The van der Waals surface area contributed by atoms with Gasteiger partial charge in [-0.3, -0.25) is 0 Å². The minimum absolute atomic E-state index is 0.297. The first-order valence-electron chi connectivity index (χ1n) is 8.50. The van der Waals surface area contributed by atoms with Crippen LogP contribution >= 0.6 is 0 Å². The molecule has 0 atom stereocenters. The van der Waals surface area contributed by atoms with Gasteiger partial charge < -0.3 is 20.6 Å². The molecule has 0 aliphatic heterocycles. The molecule has 0 saturated heterocycles. The van der Waals surface area contributed by atoms with Crippen molar-refractivity contribution in [1.82, 2.24) is 0 Å². The molecule has 1 aromatic rings. The topological polar surface area (TPSA) is 124 Å². The third-order valence-electron chi connectivity index (χ3n) is 3.92. The Labute approximate surface area is 146 Å². The number of rotatable bonds is 12. The SMILES string of the molecule is CCCCCCCCCNc1cc(C(=O)O)c(C(=O)O)c(C(=O)O)c1. The van der Waals surface area contributed by atoms with Gasteiger partial charge in [0.05, 0.1) is 16.7 Å². The fourth-order valence-corrected chi connectivity index (χ4v) is 2.63. The average Bonchev–Trinajstić information content (AvgIpc) is 2.56. The van der Waals surface area contributed by atoms with Crippen LogP contribution < -0.4 is 5.32 Å². The highest BCUT2D eigenvalue weighted by molar-refractivity contribution is 6.10. The van der Waals surface area contributed by atoms with Crippen LogP contribution in [0.25, 0.3) is 0 Å². The second-order valence-electron chi connectivity index (χ2n) is 5.91. The van der Waals surface area contributed by atoms with E-state index in [0.29, 0.717) is 12.2 Å². The number of unbranched alkanes of at least 4 members (excludes halogenated alkanes) is 6. The van der Waals surface area contributed by atoms with Crippen molar-refractivity contribution in [3.8, 4) is 0 Å². The van der Waals surface area contributed by atoms with Gasteiger partial charge in [0.2, 0.25) is 0 Å². The molecule has 0 radical (unpaired) electrons. The Hall–Kier alpha value is -2.57. The zero-order valence-electron chi connectivity index (χ0n) is 14.4. The largest absolute Gasteiger partial charge is 0.478 e. The quantitative estimate of drug-likeness (QED) is 0.420. The minimum atomic E-state index is -1.58. The summed E-state index contributed by atoms with van der Waals surface area (Å²) in [6.45, 7) is 2.73. The summed E-state index contributed by atoms with van der Waals surface area (Å²) in [4.78, 5) is 33.8. The van der Waals surface area contributed by atoms with Crippen LogP contribution in [-0.2, 0) is 0 Å². The number of anilines is 1. The summed E-state index contributed by atoms with van der Waals surface area (Å²) in [5.74, 6) is -4.52. The highest BCUT2D eigenvalue weighted by atomic mass is 16.4. The lowest BCUT2D eigenvalue weighted by Crippen LogP contribution is -2.16. The summed E-state index contributed by atoms with van der Waals surface area (Å²) in [6.07, 6.45) is 7.88. The monoisotopic (exact) mass is 351 g/mol. The fraction of sp³-hybridized carbons (Fsp3) is 0.500. The van der Waals surface area contributed by atoms with E-state index in [0.717, 1.165) is 19.3 Å². The Kier molecular flexibility index (Phi) is 8.46. The molecule has 0 aliphatic rings. The molecular formula is C18H25NO6. The van der Waals surface area contributed by atoms with Gasteiger partial charge in [-0.05, 0) is 18.6 Å². The molecule has 7 heteroatoms. The molecular weight excluding hydrogens is 326 g/mol. The summed E-state index contributed by atoms with van der Waals surface area (Å²) in [5.41, 5.74) is -1.48. The van der Waals surface area contributed by atoms with E-state index >= 15 is 0 Å². The number of carboxylic acid groups (broad SMARTS) is 3. The number of carbonyl (C=O) groups is 3. The molecule has 0 spiro atoms. The standard InChI is InChI=1S/C18H25NO6/c1-2-3-4-5-6-7-8-9-19-12-10-13(16(20)21)15(18(24)25)14(11-12)17(22)23/h10-11,19H,2-9H2,1H3,(H,20,21)(H,22,23)(H,24,25). The predicted octanol–water partition coefficient (Wildman–Crippen LogP) is 3.94. The second kappa shape index (κ2) is 10.3. The summed E-state index contributed by atoms with van der Waals surface area (Å²) in [7, 11) is 0. The predicted molar refractivity (Wildman–Crippen MR) is 93.8 cm³/mol. The Morgan fingerprint density at radius 1 is 0.800 bits per heavy atom. The van der Waals surface area contributed by atoms with Crippen molar-refractivity contribution in [3.05, 3.63) is 28.8 Å². The van der Waals surface area contributed by atoms with E-state index in [1.54, 1.807) is 0 Å². The second-order valence-corrected chi connectivity index (χ2v) is 5.91. The highest BCUT2D eigenvalue weighted by Gasteiger charge is 2.25. The number of carboxylic acids is 3. The minimum Gasteiger partial charge on any atom is -0.478 e. The van der Waals surface area contributed by atoms with Gasteiger partial charge in [0.1, 0.15) is 0 Å². The molecule has 1 rings (SSSR count). The number of hydrogen-bond acceptors (Lipinski definition) is 4. The van der Waals surface area contributed by atoms with Crippen molar-refractivity contribution < 1.29 is 29.7 Å². The Balaban J connectivity index is 2.73. The Bertz CT molecular complexity index is 591. The average molecular weight is 351 g/mol. The number of hydrogen-bond donors (Lipinski definition) is 4. The van der Waals surface area contributed by atoms with Gasteiger partial charge in [-0.15, -0.1) is 0 Å². The van der Waals surface area contributed by atoms with E-state index in [9.17, 15) is 24.6 Å². The number of nitrogens with one attached hydrogen (secondary N) is 1. The van der Waals surface area contributed by atoms with Crippen molar-refractivity contribution in [2.75, 3.05) is 11.9 Å². The highest BCUT2D eigenvalue weighted by Crippen LogP contribution is 2.22. The first kappa shape index (κ1) is 20.5. The normalized spacial score (nSPS) is 10.4. The Morgan fingerprint density at radius 3 is 1.72 bits per heavy atom. The first-order valence-corrected chi connectivity index (χ1v) is 8.50. The molecule has 0 saturated carbocycles. The molecule has 0 amide bonds. The van der Waals surface area contributed by atoms with Gasteiger partial charge in [0.25, 0.3) is 0 Å². The summed E-state index contributed by atoms with van der Waals surface area (Å²) < 4.78 is 0. The van der Waals surface area contributed by atoms with E-state index in [1.165, 1.54) is 37.8 Å². The van der Waals surface area contributed by atoms with Crippen molar-refractivity contribution in [2.24, 2.45) is 0 Å². The van der Waals surface area contributed by atoms with Gasteiger partial charge in [0, 0.05) is 12.2 Å². The van der Waals surface area contributed by atoms with Crippen LogP contribution in [0.3, 0.4) is 0 Å². The molecule has 0 fully saturated rings. The first-order chi connectivity index (χ1) is 11.9. The molecule has 4 N–H and O–H groups in total. The molecule has 25 heavy (non-hydrogen) atoms. The molecule has 0 aliphatic carbocycles. The summed E-state index contributed by atoms with van der Waals surface area (Å²) in [5, 5.41) is 30.5. The van der Waals surface area contributed by atoms with Crippen molar-refractivity contribution in [2.45, 2.75) is 51.9 Å². The molecule has 138 valence electrons. The van der Waals surface area contributed by atoms with Crippen LogP contribution in [0, 0.1) is 0 Å². The van der Waals surface area contributed by atoms with E-state index in [-0.39, 0.29) is 0 Å². The Morgan fingerprint density at radius 2 is 1.28 bits per heavy atom. The molecule has 0 heterocycles. The van der Waals surface area contributed by atoms with Crippen LogP contribution in [0.5, 0.6) is 0 Å². The van der Waals surface area contributed by atoms with Crippen LogP contribution in [0.15, 0.2) is 12.1 Å². The zero-order chi connectivity index (χ0) is 18.8. The van der Waals surface area contributed by atoms with Crippen molar-refractivity contribution in [3.63, 3.8) is 0 Å². The summed E-state index contributed by atoms with van der Waals surface area (Å²) in [6, 6.07) is 2.33. The van der Waals surface area contributed by atoms with Crippen LogP contribution in [0.1, 0.15) is 82.9 Å². The van der Waals surface area contributed by atoms with Crippen molar-refractivity contribution >= 4 is 23.6 Å². The van der Waals surface area contributed by atoms with Gasteiger partial charge in [-0.2, -0.15) is 0 Å². The van der Waals surface area contributed by atoms with Gasteiger partial charge in [-0.25, -0.2) is 14.4 Å². The van der Waals surface area contributed by atoms with E-state index in [2.05, 4.69) is 12.2 Å². The number of benzene rings is 1. The molecule has 0 bridgehead atoms. The third kappa shape index (κ3) is 6.45. The van der Waals surface area contributed by atoms with Gasteiger partial charge in [0.15, 0.2) is 0 Å². The van der Waals surface area contributed by atoms with E-state index < -0.39 is 34.6 Å². The lowest BCUT2D eigenvalue weighted by atomic mass is 9.99. The molecule has 7 nitrogen and oxygen atoms in total. The van der Waals surface area contributed by atoms with Crippen LogP contribution in [0.2, 0.25) is 0 Å². The number of aromatic carboxylic acids is 3. The summed E-state index contributed by atoms with van der Waals surface area (Å²) >= 11 is 0. The van der Waals surface area contributed by atoms with Crippen molar-refractivity contribution in [1.29, 1.82) is 0 Å². The fourth-order valence-electron chi connectivity index (χ4n) is 2.63. The maximum Gasteiger partial charge on any atom is 0.337 e. The van der Waals surface area contributed by atoms with E-state index in [1.807, 2.05) is 0 Å². The maximum absolute atomic E-state index is 11.3. The van der Waals surface area contributed by atoms with Gasteiger partial charge >= 0.3 is 17.9 Å². The third-order valence-corrected chi connectivity index (χ3v) is 3.92.